The Bertz CT molecular complexity index is 355. The number of thiocarbonyl (C=S) groups is 1. The van der Waals surface area contributed by atoms with Crippen molar-refractivity contribution in [2.45, 2.75) is 64.8 Å². The first-order valence-electron chi connectivity index (χ1n) is 7.94. The number of carbonyl (C=O) groups is 1. The zero-order valence-electron chi connectivity index (χ0n) is 12.6. The second kappa shape index (κ2) is 7.25. The normalized spacial score (nSPS) is 30.8. The van der Waals surface area contributed by atoms with E-state index in [2.05, 4.69) is 30.0 Å². The van der Waals surface area contributed by atoms with E-state index >= 15 is 0 Å². The van der Waals surface area contributed by atoms with Crippen LogP contribution >= 0.6 is 12.2 Å². The molecule has 114 valence electrons. The summed E-state index contributed by atoms with van der Waals surface area (Å²) < 4.78 is 0. The van der Waals surface area contributed by atoms with E-state index in [4.69, 9.17) is 12.2 Å². The number of hydrazine groups is 1. The zero-order valence-corrected chi connectivity index (χ0v) is 13.4. The molecule has 1 amide bonds. The summed E-state index contributed by atoms with van der Waals surface area (Å²) in [7, 11) is 0. The van der Waals surface area contributed by atoms with Gasteiger partial charge in [0.25, 0.3) is 0 Å². The lowest BCUT2D eigenvalue weighted by atomic mass is 9.78. The van der Waals surface area contributed by atoms with Gasteiger partial charge in [0.1, 0.15) is 0 Å². The summed E-state index contributed by atoms with van der Waals surface area (Å²) in [5, 5.41) is 3.89. The van der Waals surface area contributed by atoms with Crippen molar-refractivity contribution in [2.75, 3.05) is 0 Å². The zero-order chi connectivity index (χ0) is 14.5. The summed E-state index contributed by atoms with van der Waals surface area (Å²) in [6.45, 7) is 4.58. The van der Waals surface area contributed by atoms with Crippen molar-refractivity contribution < 1.29 is 4.79 Å². The molecule has 0 aromatic heterocycles. The second-order valence-corrected chi connectivity index (χ2v) is 6.85. The highest BCUT2D eigenvalue weighted by Crippen LogP contribution is 2.29. The van der Waals surface area contributed by atoms with Crippen LogP contribution in [0.3, 0.4) is 0 Å². The van der Waals surface area contributed by atoms with E-state index < -0.39 is 0 Å². The third-order valence-electron chi connectivity index (χ3n) is 5.05. The maximum Gasteiger partial charge on any atom is 0.241 e. The third kappa shape index (κ3) is 4.08. The highest BCUT2D eigenvalue weighted by Gasteiger charge is 2.27. The van der Waals surface area contributed by atoms with Crippen LogP contribution in [0.4, 0.5) is 0 Å². The van der Waals surface area contributed by atoms with Crippen LogP contribution < -0.4 is 16.2 Å². The monoisotopic (exact) mass is 297 g/mol. The Labute approximate surface area is 127 Å². The molecule has 3 N–H and O–H groups in total. The Morgan fingerprint density at radius 2 is 1.70 bits per heavy atom. The Balaban J connectivity index is 1.70. The Hall–Kier alpha value is -0.840. The van der Waals surface area contributed by atoms with Gasteiger partial charge in [0.15, 0.2) is 5.11 Å². The molecule has 0 unspecified atom stereocenters. The second-order valence-electron chi connectivity index (χ2n) is 6.44. The van der Waals surface area contributed by atoms with Crippen molar-refractivity contribution in [1.82, 2.24) is 16.2 Å². The minimum absolute atomic E-state index is 0.0803. The van der Waals surface area contributed by atoms with Gasteiger partial charge in [-0.2, -0.15) is 0 Å². The molecule has 5 heteroatoms. The van der Waals surface area contributed by atoms with Gasteiger partial charge in [-0.1, -0.05) is 39.5 Å². The molecule has 0 radical (unpaired) electrons. The van der Waals surface area contributed by atoms with Gasteiger partial charge in [0, 0.05) is 12.0 Å². The minimum atomic E-state index is 0.0803. The first-order valence-corrected chi connectivity index (χ1v) is 8.35. The first kappa shape index (κ1) is 15.5. The van der Waals surface area contributed by atoms with E-state index in [1.807, 2.05) is 0 Å². The fourth-order valence-electron chi connectivity index (χ4n) is 3.40. The first-order chi connectivity index (χ1) is 9.58. The molecular weight excluding hydrogens is 270 g/mol. The summed E-state index contributed by atoms with van der Waals surface area (Å²) in [5.41, 5.74) is 5.61. The molecule has 2 rings (SSSR count). The molecule has 2 saturated carbocycles. The van der Waals surface area contributed by atoms with Crippen LogP contribution in [0.15, 0.2) is 0 Å². The molecule has 0 aromatic carbocycles. The Morgan fingerprint density at radius 1 is 1.00 bits per heavy atom. The maximum atomic E-state index is 11.9. The molecular formula is C15H27N3OS. The lowest BCUT2D eigenvalue weighted by Crippen LogP contribution is -2.53. The number of hydrogen-bond acceptors (Lipinski definition) is 2. The van der Waals surface area contributed by atoms with E-state index in [0.717, 1.165) is 38.0 Å². The van der Waals surface area contributed by atoms with Crippen LogP contribution in [0.1, 0.15) is 58.8 Å². The van der Waals surface area contributed by atoms with E-state index in [0.29, 0.717) is 17.1 Å². The van der Waals surface area contributed by atoms with Gasteiger partial charge >= 0.3 is 0 Å². The highest BCUT2D eigenvalue weighted by molar-refractivity contribution is 7.80. The average Bonchev–Trinajstić information content (AvgIpc) is 2.95. The molecule has 0 aromatic rings. The van der Waals surface area contributed by atoms with Crippen LogP contribution in [0.25, 0.3) is 0 Å². The molecule has 0 aliphatic heterocycles. The van der Waals surface area contributed by atoms with Gasteiger partial charge in [-0.25, -0.2) is 0 Å². The highest BCUT2D eigenvalue weighted by atomic mass is 32.1. The minimum Gasteiger partial charge on any atom is -0.358 e. The SMILES string of the molecule is C[C@H]1[C@@H](NC(=S)NNC(=O)C2CCCC2)CCC[C@@H]1C. The summed E-state index contributed by atoms with van der Waals surface area (Å²) in [5.74, 6) is 1.60. The molecule has 2 aliphatic rings. The molecule has 0 spiro atoms. The third-order valence-corrected chi connectivity index (χ3v) is 5.27. The number of rotatable bonds is 2. The van der Waals surface area contributed by atoms with Crippen molar-refractivity contribution in [1.29, 1.82) is 0 Å². The van der Waals surface area contributed by atoms with Crippen molar-refractivity contribution in [2.24, 2.45) is 17.8 Å². The number of nitrogens with one attached hydrogen (secondary N) is 3. The average molecular weight is 297 g/mol. The molecule has 0 saturated heterocycles. The van der Waals surface area contributed by atoms with Crippen LogP contribution in [0.2, 0.25) is 0 Å². The lowest BCUT2D eigenvalue weighted by molar-refractivity contribution is -0.125. The molecule has 2 fully saturated rings. The summed E-state index contributed by atoms with van der Waals surface area (Å²) >= 11 is 5.28. The summed E-state index contributed by atoms with van der Waals surface area (Å²) in [6, 6.07) is 0.419. The molecule has 4 nitrogen and oxygen atoms in total. The predicted molar refractivity (Wildman–Crippen MR) is 84.9 cm³/mol. The Kier molecular flexibility index (Phi) is 5.64. The van der Waals surface area contributed by atoms with Crippen LogP contribution in [0.5, 0.6) is 0 Å². The molecule has 0 bridgehead atoms. The van der Waals surface area contributed by atoms with Crippen molar-refractivity contribution in [3.8, 4) is 0 Å². The summed E-state index contributed by atoms with van der Waals surface area (Å²) in [4.78, 5) is 11.9. The fourth-order valence-corrected chi connectivity index (χ4v) is 3.60. The van der Waals surface area contributed by atoms with E-state index in [1.165, 1.54) is 12.8 Å². The van der Waals surface area contributed by atoms with E-state index in [-0.39, 0.29) is 11.8 Å². The fraction of sp³-hybridized carbons (Fsp3) is 0.867. The van der Waals surface area contributed by atoms with E-state index in [9.17, 15) is 4.79 Å². The van der Waals surface area contributed by atoms with Crippen molar-refractivity contribution in [3.05, 3.63) is 0 Å². The lowest BCUT2D eigenvalue weighted by Gasteiger charge is -2.35. The van der Waals surface area contributed by atoms with Crippen molar-refractivity contribution >= 4 is 23.2 Å². The van der Waals surface area contributed by atoms with Crippen LogP contribution in [0, 0.1) is 17.8 Å². The smallest absolute Gasteiger partial charge is 0.241 e. The van der Waals surface area contributed by atoms with Gasteiger partial charge < -0.3 is 5.32 Å². The quantitative estimate of drug-likeness (QED) is 0.541. The number of amides is 1. The van der Waals surface area contributed by atoms with Gasteiger partial charge in [-0.05, 0) is 43.3 Å². The standard InChI is InChI=1S/C15H27N3OS/c1-10-6-5-9-13(11(10)2)16-15(20)18-17-14(19)12-7-3-4-8-12/h10-13H,3-9H2,1-2H3,(H,17,19)(H2,16,18,20)/t10-,11+,13-/m0/s1. The predicted octanol–water partition coefficient (Wildman–Crippen LogP) is 2.50. The van der Waals surface area contributed by atoms with Gasteiger partial charge in [-0.15, -0.1) is 0 Å². The number of carbonyl (C=O) groups excluding carboxylic acids is 1. The Morgan fingerprint density at radius 3 is 2.40 bits per heavy atom. The molecule has 20 heavy (non-hydrogen) atoms. The number of hydrogen-bond donors (Lipinski definition) is 3. The van der Waals surface area contributed by atoms with Crippen LogP contribution in [-0.4, -0.2) is 17.1 Å². The van der Waals surface area contributed by atoms with Gasteiger partial charge in [0.05, 0.1) is 0 Å². The largest absolute Gasteiger partial charge is 0.358 e. The molecule has 2 aliphatic carbocycles. The maximum absolute atomic E-state index is 11.9. The van der Waals surface area contributed by atoms with Gasteiger partial charge in [0.2, 0.25) is 5.91 Å². The summed E-state index contributed by atoms with van der Waals surface area (Å²) in [6.07, 6.45) is 8.05. The topological polar surface area (TPSA) is 53.2 Å². The van der Waals surface area contributed by atoms with Crippen LogP contribution in [-0.2, 0) is 4.79 Å². The van der Waals surface area contributed by atoms with Crippen molar-refractivity contribution in [3.63, 3.8) is 0 Å². The molecule has 0 heterocycles. The molecule has 3 atom stereocenters. The van der Waals surface area contributed by atoms with E-state index in [1.54, 1.807) is 0 Å². The van der Waals surface area contributed by atoms with Gasteiger partial charge in [-0.3, -0.25) is 15.6 Å².